The first-order chi connectivity index (χ1) is 12.6. The number of nitrogens with zero attached hydrogens (tertiary/aromatic N) is 1. The smallest absolute Gasteiger partial charge is 0.240 e. The van der Waals surface area contributed by atoms with E-state index in [4.69, 9.17) is 9.15 Å². The number of hydrogen-bond acceptors (Lipinski definition) is 5. The molecular weight excluding hydrogens is 352 g/mol. The number of benzene rings is 1. The molecule has 1 aliphatic rings. The van der Waals surface area contributed by atoms with Crippen molar-refractivity contribution in [1.82, 2.24) is 9.62 Å². The molecule has 0 saturated carbocycles. The standard InChI is InChI=1S/C19H26N2O4S/c1-24-16-8-10-17(11-9-16)26(22,23)20-15-18(19-7-6-14-25-19)21-12-4-2-3-5-13-21/h6-11,14,18,20H,2-5,12-13,15H2,1H3. The number of nitrogens with one attached hydrogen (secondary N) is 1. The highest BCUT2D eigenvalue weighted by Crippen LogP contribution is 2.25. The number of methoxy groups -OCH3 is 1. The lowest BCUT2D eigenvalue weighted by atomic mass is 10.2. The Balaban J connectivity index is 1.73. The van der Waals surface area contributed by atoms with Crippen molar-refractivity contribution in [3.05, 3.63) is 48.4 Å². The Kier molecular flexibility index (Phi) is 6.34. The highest BCUT2D eigenvalue weighted by Gasteiger charge is 2.26. The van der Waals surface area contributed by atoms with E-state index in [9.17, 15) is 8.42 Å². The second-order valence-corrected chi connectivity index (χ2v) is 8.28. The summed E-state index contributed by atoms with van der Waals surface area (Å²) in [5.41, 5.74) is 0. The lowest BCUT2D eigenvalue weighted by Crippen LogP contribution is -2.38. The Morgan fingerprint density at radius 2 is 1.81 bits per heavy atom. The van der Waals surface area contributed by atoms with Gasteiger partial charge in [-0.2, -0.15) is 0 Å². The van der Waals surface area contributed by atoms with E-state index >= 15 is 0 Å². The molecule has 1 aliphatic heterocycles. The predicted molar refractivity (Wildman–Crippen MR) is 99.7 cm³/mol. The van der Waals surface area contributed by atoms with Crippen molar-refractivity contribution >= 4 is 10.0 Å². The summed E-state index contributed by atoms with van der Waals surface area (Å²) in [6.45, 7) is 2.19. The van der Waals surface area contributed by atoms with Crippen LogP contribution in [0.2, 0.25) is 0 Å². The molecule has 1 N–H and O–H groups in total. The summed E-state index contributed by atoms with van der Waals surface area (Å²) in [6, 6.07) is 10.1. The summed E-state index contributed by atoms with van der Waals surface area (Å²) in [7, 11) is -2.04. The van der Waals surface area contributed by atoms with Gasteiger partial charge in [0.25, 0.3) is 0 Å². The SMILES string of the molecule is COc1ccc(S(=O)(=O)NCC(c2ccco2)N2CCCCCC2)cc1. The third-order valence-electron chi connectivity index (χ3n) is 4.79. The van der Waals surface area contributed by atoms with E-state index < -0.39 is 10.0 Å². The molecule has 1 unspecified atom stereocenters. The lowest BCUT2D eigenvalue weighted by Gasteiger charge is -2.29. The fourth-order valence-electron chi connectivity index (χ4n) is 3.32. The van der Waals surface area contributed by atoms with Gasteiger partial charge in [-0.05, 0) is 62.3 Å². The summed E-state index contributed by atoms with van der Waals surface area (Å²) >= 11 is 0. The summed E-state index contributed by atoms with van der Waals surface area (Å²) in [5.74, 6) is 1.42. The van der Waals surface area contributed by atoms with Crippen LogP contribution in [0.15, 0.2) is 52.0 Å². The maximum atomic E-state index is 12.7. The van der Waals surface area contributed by atoms with E-state index in [1.54, 1.807) is 37.6 Å². The van der Waals surface area contributed by atoms with Gasteiger partial charge in [-0.25, -0.2) is 13.1 Å². The van der Waals surface area contributed by atoms with E-state index in [2.05, 4.69) is 9.62 Å². The largest absolute Gasteiger partial charge is 0.497 e. The molecule has 1 aromatic carbocycles. The van der Waals surface area contributed by atoms with Crippen molar-refractivity contribution in [2.75, 3.05) is 26.7 Å². The molecule has 7 heteroatoms. The van der Waals surface area contributed by atoms with Gasteiger partial charge in [-0.15, -0.1) is 0 Å². The topological polar surface area (TPSA) is 71.8 Å². The average molecular weight is 378 g/mol. The van der Waals surface area contributed by atoms with Crippen LogP contribution in [0.5, 0.6) is 5.75 Å². The van der Waals surface area contributed by atoms with Gasteiger partial charge in [0, 0.05) is 6.54 Å². The van der Waals surface area contributed by atoms with Crippen LogP contribution in [0, 0.1) is 0 Å². The Morgan fingerprint density at radius 3 is 2.38 bits per heavy atom. The van der Waals surface area contributed by atoms with Crippen molar-refractivity contribution in [1.29, 1.82) is 0 Å². The quantitative estimate of drug-likeness (QED) is 0.801. The van der Waals surface area contributed by atoms with E-state index in [0.717, 1.165) is 31.7 Å². The van der Waals surface area contributed by atoms with Gasteiger partial charge in [0.15, 0.2) is 0 Å². The highest BCUT2D eigenvalue weighted by molar-refractivity contribution is 7.89. The zero-order chi connectivity index (χ0) is 18.4. The van der Waals surface area contributed by atoms with Gasteiger partial charge in [0.2, 0.25) is 10.0 Å². The van der Waals surface area contributed by atoms with Gasteiger partial charge in [-0.1, -0.05) is 12.8 Å². The number of sulfonamides is 1. The Labute approximate surface area is 155 Å². The number of furan rings is 1. The summed E-state index contributed by atoms with van der Waals surface area (Å²) in [4.78, 5) is 2.55. The van der Waals surface area contributed by atoms with Gasteiger partial charge in [0.1, 0.15) is 11.5 Å². The molecule has 3 rings (SSSR count). The minimum Gasteiger partial charge on any atom is -0.497 e. The summed E-state index contributed by atoms with van der Waals surface area (Å²) in [5, 5.41) is 0. The first-order valence-electron chi connectivity index (χ1n) is 9.01. The van der Waals surface area contributed by atoms with E-state index in [-0.39, 0.29) is 17.5 Å². The molecule has 2 heterocycles. The molecule has 0 aliphatic carbocycles. The van der Waals surface area contributed by atoms with E-state index in [1.165, 1.54) is 12.8 Å². The van der Waals surface area contributed by atoms with E-state index in [1.807, 2.05) is 12.1 Å². The van der Waals surface area contributed by atoms with Crippen LogP contribution < -0.4 is 9.46 Å². The monoisotopic (exact) mass is 378 g/mol. The zero-order valence-electron chi connectivity index (χ0n) is 15.1. The van der Waals surface area contributed by atoms with Gasteiger partial charge in [-0.3, -0.25) is 4.90 Å². The van der Waals surface area contributed by atoms with Crippen LogP contribution in [-0.2, 0) is 10.0 Å². The Hall–Kier alpha value is -1.83. The van der Waals surface area contributed by atoms with Crippen LogP contribution >= 0.6 is 0 Å². The Bertz CT molecular complexity index is 764. The minimum atomic E-state index is -3.59. The summed E-state index contributed by atoms with van der Waals surface area (Å²) < 4.78 is 38.7. The number of likely N-dealkylation sites (tertiary alicyclic amines) is 1. The van der Waals surface area contributed by atoms with Crippen molar-refractivity contribution in [3.63, 3.8) is 0 Å². The molecule has 0 radical (unpaired) electrons. The molecule has 142 valence electrons. The van der Waals surface area contributed by atoms with Crippen LogP contribution in [0.3, 0.4) is 0 Å². The summed E-state index contributed by atoms with van der Waals surface area (Å²) in [6.07, 6.45) is 6.33. The first-order valence-corrected chi connectivity index (χ1v) is 10.5. The normalized spacial score (nSPS) is 17.6. The van der Waals surface area contributed by atoms with Gasteiger partial charge < -0.3 is 9.15 Å². The van der Waals surface area contributed by atoms with Crippen molar-refractivity contribution in [2.24, 2.45) is 0 Å². The first kappa shape index (κ1) is 18.9. The van der Waals surface area contributed by atoms with Gasteiger partial charge >= 0.3 is 0 Å². The molecule has 6 nitrogen and oxygen atoms in total. The molecule has 0 spiro atoms. The molecule has 0 amide bonds. The molecule has 0 bridgehead atoms. The molecule has 1 atom stereocenters. The number of ether oxygens (including phenoxy) is 1. The van der Waals surface area contributed by atoms with Crippen LogP contribution in [0.25, 0.3) is 0 Å². The Morgan fingerprint density at radius 1 is 1.12 bits per heavy atom. The second kappa shape index (κ2) is 8.70. The highest BCUT2D eigenvalue weighted by atomic mass is 32.2. The predicted octanol–water partition coefficient (Wildman–Crippen LogP) is 3.18. The molecule has 26 heavy (non-hydrogen) atoms. The minimum absolute atomic E-state index is 0.101. The maximum absolute atomic E-state index is 12.7. The molecular formula is C19H26N2O4S. The fraction of sp³-hybridized carbons (Fsp3) is 0.474. The lowest BCUT2D eigenvalue weighted by molar-refractivity contribution is 0.182. The second-order valence-electron chi connectivity index (χ2n) is 6.51. The number of rotatable bonds is 7. The molecule has 1 saturated heterocycles. The molecule has 1 aromatic heterocycles. The van der Waals surface area contributed by atoms with Crippen molar-refractivity contribution < 1.29 is 17.6 Å². The number of hydrogen-bond donors (Lipinski definition) is 1. The van der Waals surface area contributed by atoms with Crippen LogP contribution in [0.4, 0.5) is 0 Å². The zero-order valence-corrected chi connectivity index (χ0v) is 15.9. The van der Waals surface area contributed by atoms with E-state index in [0.29, 0.717) is 5.75 Å². The van der Waals surface area contributed by atoms with Crippen LogP contribution in [-0.4, -0.2) is 40.1 Å². The fourth-order valence-corrected chi connectivity index (χ4v) is 4.36. The van der Waals surface area contributed by atoms with Crippen LogP contribution in [0.1, 0.15) is 37.5 Å². The van der Waals surface area contributed by atoms with Gasteiger partial charge in [0.05, 0.1) is 24.3 Å². The molecule has 1 fully saturated rings. The van der Waals surface area contributed by atoms with Crippen molar-refractivity contribution in [3.8, 4) is 5.75 Å². The molecule has 2 aromatic rings. The third kappa shape index (κ3) is 4.66. The average Bonchev–Trinajstić information content (AvgIpc) is 3.05. The van der Waals surface area contributed by atoms with Crippen molar-refractivity contribution in [2.45, 2.75) is 36.6 Å². The third-order valence-corrected chi connectivity index (χ3v) is 6.23. The maximum Gasteiger partial charge on any atom is 0.240 e.